The van der Waals surface area contributed by atoms with Gasteiger partial charge in [0.05, 0.1) is 19.3 Å². The summed E-state index contributed by atoms with van der Waals surface area (Å²) < 4.78 is 12.2. The Morgan fingerprint density at radius 3 is 2.80 bits per heavy atom. The van der Waals surface area contributed by atoms with Gasteiger partial charge < -0.3 is 9.47 Å². The SMILES string of the molecule is IC1CCCCCC1OCC1CCOC1. The first-order valence-electron chi connectivity index (χ1n) is 6.19. The molecule has 2 fully saturated rings. The molecule has 0 aromatic heterocycles. The molecule has 0 bridgehead atoms. The van der Waals surface area contributed by atoms with Crippen LogP contribution in [0.5, 0.6) is 0 Å². The highest BCUT2D eigenvalue weighted by Crippen LogP contribution is 2.27. The second-order valence-corrected chi connectivity index (χ2v) is 6.36. The molecule has 2 nitrogen and oxygen atoms in total. The van der Waals surface area contributed by atoms with Crippen LogP contribution >= 0.6 is 22.6 Å². The number of rotatable bonds is 3. The van der Waals surface area contributed by atoms with E-state index in [1.807, 2.05) is 0 Å². The smallest absolute Gasteiger partial charge is 0.0692 e. The second kappa shape index (κ2) is 6.40. The number of ether oxygens (including phenoxy) is 2. The molecule has 3 atom stereocenters. The Morgan fingerprint density at radius 1 is 1.13 bits per heavy atom. The van der Waals surface area contributed by atoms with E-state index in [0.29, 0.717) is 12.0 Å². The summed E-state index contributed by atoms with van der Waals surface area (Å²) in [6.45, 7) is 2.77. The molecule has 1 saturated carbocycles. The molecular weight excluding hydrogens is 303 g/mol. The molecule has 88 valence electrons. The molecule has 0 radical (unpaired) electrons. The van der Waals surface area contributed by atoms with Crippen LogP contribution in [0, 0.1) is 5.92 Å². The molecule has 1 aliphatic heterocycles. The Bertz CT molecular complexity index is 180. The summed E-state index contributed by atoms with van der Waals surface area (Å²) in [5.41, 5.74) is 0. The highest BCUT2D eigenvalue weighted by Gasteiger charge is 2.24. The maximum atomic E-state index is 6.07. The molecule has 2 rings (SSSR count). The first kappa shape index (κ1) is 12.1. The highest BCUT2D eigenvalue weighted by atomic mass is 127. The normalized spacial score (nSPS) is 37.8. The van der Waals surface area contributed by atoms with Crippen LogP contribution in [0.25, 0.3) is 0 Å². The summed E-state index contributed by atoms with van der Waals surface area (Å²) in [4.78, 5) is 0. The van der Waals surface area contributed by atoms with Crippen molar-refractivity contribution in [2.75, 3.05) is 19.8 Å². The van der Waals surface area contributed by atoms with Crippen LogP contribution in [-0.4, -0.2) is 29.8 Å². The number of hydrogen-bond acceptors (Lipinski definition) is 2. The van der Waals surface area contributed by atoms with Gasteiger partial charge in [0.15, 0.2) is 0 Å². The molecule has 0 spiro atoms. The molecule has 0 aromatic rings. The average molecular weight is 324 g/mol. The lowest BCUT2D eigenvalue weighted by Gasteiger charge is -2.22. The van der Waals surface area contributed by atoms with Crippen LogP contribution in [0.3, 0.4) is 0 Å². The standard InChI is InChI=1S/C12H21IO2/c13-11-4-2-1-3-5-12(11)15-9-10-6-7-14-8-10/h10-12H,1-9H2. The van der Waals surface area contributed by atoms with Gasteiger partial charge in [-0.1, -0.05) is 41.9 Å². The number of alkyl halides is 1. The van der Waals surface area contributed by atoms with Crippen LogP contribution < -0.4 is 0 Å². The molecule has 2 aliphatic rings. The maximum absolute atomic E-state index is 6.07. The Balaban J connectivity index is 1.71. The molecule has 1 saturated heterocycles. The zero-order valence-electron chi connectivity index (χ0n) is 9.29. The first-order chi connectivity index (χ1) is 7.36. The Labute approximate surface area is 106 Å². The van der Waals surface area contributed by atoms with E-state index in [1.165, 1.54) is 38.5 Å². The monoisotopic (exact) mass is 324 g/mol. The van der Waals surface area contributed by atoms with E-state index in [2.05, 4.69) is 22.6 Å². The lowest BCUT2D eigenvalue weighted by atomic mass is 10.1. The van der Waals surface area contributed by atoms with Crippen LogP contribution in [0.1, 0.15) is 38.5 Å². The minimum Gasteiger partial charge on any atom is -0.381 e. The largest absolute Gasteiger partial charge is 0.381 e. The number of halogens is 1. The average Bonchev–Trinajstić information content (AvgIpc) is 2.67. The lowest BCUT2D eigenvalue weighted by Crippen LogP contribution is -2.26. The minimum absolute atomic E-state index is 0.508. The summed E-state index contributed by atoms with van der Waals surface area (Å²) >= 11 is 2.57. The zero-order valence-corrected chi connectivity index (χ0v) is 11.4. The fraction of sp³-hybridized carbons (Fsp3) is 1.00. The summed E-state index contributed by atoms with van der Waals surface area (Å²) in [7, 11) is 0. The highest BCUT2D eigenvalue weighted by molar-refractivity contribution is 14.1. The van der Waals surface area contributed by atoms with Gasteiger partial charge in [0.2, 0.25) is 0 Å². The van der Waals surface area contributed by atoms with Crippen molar-refractivity contribution < 1.29 is 9.47 Å². The van der Waals surface area contributed by atoms with Gasteiger partial charge in [-0.15, -0.1) is 0 Å². The van der Waals surface area contributed by atoms with Gasteiger partial charge >= 0.3 is 0 Å². The summed E-state index contributed by atoms with van der Waals surface area (Å²) in [6.07, 6.45) is 8.44. The maximum Gasteiger partial charge on any atom is 0.0692 e. The Morgan fingerprint density at radius 2 is 2.00 bits per heavy atom. The first-order valence-corrected chi connectivity index (χ1v) is 7.44. The van der Waals surface area contributed by atoms with Crippen molar-refractivity contribution in [1.82, 2.24) is 0 Å². The lowest BCUT2D eigenvalue weighted by molar-refractivity contribution is 0.0239. The van der Waals surface area contributed by atoms with E-state index in [4.69, 9.17) is 9.47 Å². The van der Waals surface area contributed by atoms with Crippen molar-refractivity contribution in [2.24, 2.45) is 5.92 Å². The van der Waals surface area contributed by atoms with Crippen LogP contribution in [-0.2, 0) is 9.47 Å². The fourth-order valence-corrected chi connectivity index (χ4v) is 3.40. The molecule has 0 N–H and O–H groups in total. The Kier molecular flexibility index (Phi) is 5.17. The molecule has 15 heavy (non-hydrogen) atoms. The minimum atomic E-state index is 0.508. The van der Waals surface area contributed by atoms with E-state index in [-0.39, 0.29) is 0 Å². The van der Waals surface area contributed by atoms with Crippen molar-refractivity contribution in [3.05, 3.63) is 0 Å². The second-order valence-electron chi connectivity index (χ2n) is 4.76. The fourth-order valence-electron chi connectivity index (χ4n) is 2.39. The Hall–Kier alpha value is 0.650. The van der Waals surface area contributed by atoms with Crippen molar-refractivity contribution in [3.8, 4) is 0 Å². The van der Waals surface area contributed by atoms with Gasteiger partial charge in [0.1, 0.15) is 0 Å². The van der Waals surface area contributed by atoms with Crippen LogP contribution in [0.15, 0.2) is 0 Å². The van der Waals surface area contributed by atoms with Gasteiger partial charge in [0, 0.05) is 16.4 Å². The summed E-state index contributed by atoms with van der Waals surface area (Å²) in [5.74, 6) is 0.664. The molecular formula is C12H21IO2. The predicted octanol–water partition coefficient (Wildman–Crippen LogP) is 3.18. The van der Waals surface area contributed by atoms with Crippen molar-refractivity contribution >= 4 is 22.6 Å². The number of hydrogen-bond donors (Lipinski definition) is 0. The third-order valence-electron chi connectivity index (χ3n) is 3.44. The van der Waals surface area contributed by atoms with Gasteiger partial charge in [-0.25, -0.2) is 0 Å². The van der Waals surface area contributed by atoms with Crippen LogP contribution in [0.4, 0.5) is 0 Å². The topological polar surface area (TPSA) is 18.5 Å². The van der Waals surface area contributed by atoms with Crippen LogP contribution in [0.2, 0.25) is 0 Å². The van der Waals surface area contributed by atoms with Crippen molar-refractivity contribution in [3.63, 3.8) is 0 Å². The quantitative estimate of drug-likeness (QED) is 0.451. The molecule has 3 heteroatoms. The summed E-state index contributed by atoms with van der Waals surface area (Å²) in [5, 5.41) is 0. The molecule has 0 aromatic carbocycles. The van der Waals surface area contributed by atoms with E-state index < -0.39 is 0 Å². The zero-order chi connectivity index (χ0) is 10.5. The van der Waals surface area contributed by atoms with Crippen molar-refractivity contribution in [2.45, 2.75) is 48.6 Å². The van der Waals surface area contributed by atoms with E-state index in [0.717, 1.165) is 23.7 Å². The predicted molar refractivity (Wildman–Crippen MR) is 69.6 cm³/mol. The van der Waals surface area contributed by atoms with Gasteiger partial charge in [-0.05, 0) is 19.3 Å². The third-order valence-corrected chi connectivity index (χ3v) is 4.87. The van der Waals surface area contributed by atoms with E-state index in [9.17, 15) is 0 Å². The van der Waals surface area contributed by atoms with Gasteiger partial charge in [-0.3, -0.25) is 0 Å². The third kappa shape index (κ3) is 3.86. The van der Waals surface area contributed by atoms with Gasteiger partial charge in [-0.2, -0.15) is 0 Å². The van der Waals surface area contributed by atoms with Crippen molar-refractivity contribution in [1.29, 1.82) is 0 Å². The van der Waals surface area contributed by atoms with E-state index >= 15 is 0 Å². The summed E-state index contributed by atoms with van der Waals surface area (Å²) in [6, 6.07) is 0. The molecule has 1 heterocycles. The molecule has 1 aliphatic carbocycles. The molecule has 0 amide bonds. The van der Waals surface area contributed by atoms with Gasteiger partial charge in [0.25, 0.3) is 0 Å². The molecule has 3 unspecified atom stereocenters. The van der Waals surface area contributed by atoms with E-state index in [1.54, 1.807) is 0 Å².